The minimum atomic E-state index is -2.28. The van der Waals surface area contributed by atoms with Gasteiger partial charge in [-0.1, -0.05) is 12.1 Å². The molecule has 1 aromatic rings. The van der Waals surface area contributed by atoms with Crippen LogP contribution in [0.3, 0.4) is 0 Å². The molecule has 172 valence electrons. The van der Waals surface area contributed by atoms with Gasteiger partial charge in [-0.05, 0) is 17.7 Å². The first-order valence-corrected chi connectivity index (χ1v) is 21.3. The number of rotatable bonds is 12. The van der Waals surface area contributed by atoms with Crippen LogP contribution in [-0.4, -0.2) is 44.2 Å². The van der Waals surface area contributed by atoms with Crippen LogP contribution in [0.5, 0.6) is 5.75 Å². The second-order valence-electron chi connectivity index (χ2n) is 9.93. The number of hydrogen-bond donors (Lipinski definition) is 0. The SMILES string of the molecule is C=[C](C1CC(C[C@H](C)CC/C=C(\C)COCc2ccc(OC)cc2)OC1=O)[Sn]([CH3])([CH3])[CH3]. The van der Waals surface area contributed by atoms with E-state index in [1.807, 2.05) is 24.3 Å². The van der Waals surface area contributed by atoms with Gasteiger partial charge in [-0.3, -0.25) is 0 Å². The Kier molecular flexibility index (Phi) is 10.1. The molecule has 2 unspecified atom stereocenters. The number of carbonyl (C=O) groups excluding carboxylic acids is 1. The van der Waals surface area contributed by atoms with E-state index in [0.717, 1.165) is 37.0 Å². The summed E-state index contributed by atoms with van der Waals surface area (Å²) < 4.78 is 17.9. The van der Waals surface area contributed by atoms with Crippen LogP contribution < -0.4 is 4.74 Å². The molecule has 0 bridgehead atoms. The van der Waals surface area contributed by atoms with Crippen molar-refractivity contribution in [3.63, 3.8) is 0 Å². The summed E-state index contributed by atoms with van der Waals surface area (Å²) in [6.07, 6.45) is 6.20. The number of cyclic esters (lactones) is 1. The van der Waals surface area contributed by atoms with Crippen LogP contribution >= 0.6 is 0 Å². The first kappa shape index (κ1) is 26.0. The van der Waals surface area contributed by atoms with E-state index < -0.39 is 18.4 Å². The molecule has 0 N–H and O–H groups in total. The Morgan fingerprint density at radius 2 is 1.97 bits per heavy atom. The average Bonchev–Trinajstić information content (AvgIpc) is 3.06. The number of carbonyl (C=O) groups is 1. The predicted octanol–water partition coefficient (Wildman–Crippen LogP) is 6.33. The maximum absolute atomic E-state index is 12.3. The third-order valence-corrected chi connectivity index (χ3v) is 12.5. The van der Waals surface area contributed by atoms with Gasteiger partial charge in [0.05, 0.1) is 13.7 Å². The van der Waals surface area contributed by atoms with Gasteiger partial charge in [0.15, 0.2) is 0 Å². The number of hydrogen-bond acceptors (Lipinski definition) is 4. The maximum atomic E-state index is 12.3. The summed E-state index contributed by atoms with van der Waals surface area (Å²) in [6, 6.07) is 7.96. The number of benzene rings is 1. The molecule has 2 rings (SSSR count). The summed E-state index contributed by atoms with van der Waals surface area (Å²) in [6.45, 7) is 9.87. The molecule has 0 aliphatic carbocycles. The molecule has 1 fully saturated rings. The Bertz CT molecular complexity index is 761. The minimum absolute atomic E-state index is 0.0430. The molecule has 0 aromatic heterocycles. The van der Waals surface area contributed by atoms with E-state index in [9.17, 15) is 4.79 Å². The van der Waals surface area contributed by atoms with Gasteiger partial charge in [0, 0.05) is 0 Å². The van der Waals surface area contributed by atoms with Crippen molar-refractivity contribution in [1.29, 1.82) is 0 Å². The summed E-state index contributed by atoms with van der Waals surface area (Å²) in [7, 11) is 1.67. The van der Waals surface area contributed by atoms with E-state index in [-0.39, 0.29) is 18.0 Å². The number of esters is 1. The average molecular weight is 535 g/mol. The molecule has 3 atom stereocenters. The van der Waals surface area contributed by atoms with E-state index in [2.05, 4.69) is 41.3 Å². The van der Waals surface area contributed by atoms with E-state index >= 15 is 0 Å². The fourth-order valence-corrected chi connectivity index (χ4v) is 7.55. The summed E-state index contributed by atoms with van der Waals surface area (Å²) in [5.74, 6) is 1.28. The molecule has 1 aliphatic rings. The normalized spacial score (nSPS) is 20.5. The molecular formula is C26H40O4Sn. The Hall–Kier alpha value is -1.27. The van der Waals surface area contributed by atoms with Crippen LogP contribution in [0.2, 0.25) is 14.8 Å². The van der Waals surface area contributed by atoms with Crippen molar-refractivity contribution >= 4 is 24.3 Å². The molecule has 1 heterocycles. The number of allylic oxidation sites excluding steroid dienone is 1. The second-order valence-corrected chi connectivity index (χ2v) is 24.6. The fraction of sp³-hybridized carbons (Fsp3) is 0.577. The van der Waals surface area contributed by atoms with E-state index in [4.69, 9.17) is 14.2 Å². The van der Waals surface area contributed by atoms with Gasteiger partial charge in [-0.15, -0.1) is 0 Å². The first-order chi connectivity index (χ1) is 14.6. The number of methoxy groups -OCH3 is 1. The van der Waals surface area contributed by atoms with Crippen LogP contribution in [0.25, 0.3) is 0 Å². The molecule has 1 saturated heterocycles. The van der Waals surface area contributed by atoms with E-state index in [1.54, 1.807) is 7.11 Å². The van der Waals surface area contributed by atoms with E-state index in [1.165, 1.54) is 9.16 Å². The van der Waals surface area contributed by atoms with Crippen molar-refractivity contribution in [2.75, 3.05) is 13.7 Å². The zero-order valence-electron chi connectivity index (χ0n) is 20.2. The van der Waals surface area contributed by atoms with Crippen molar-refractivity contribution in [1.82, 2.24) is 0 Å². The summed E-state index contributed by atoms with van der Waals surface area (Å²) in [5, 5.41) is 0. The van der Waals surface area contributed by atoms with Crippen LogP contribution in [0.1, 0.15) is 45.1 Å². The number of ether oxygens (including phenoxy) is 3. The molecular weight excluding hydrogens is 495 g/mol. The Morgan fingerprint density at radius 3 is 2.58 bits per heavy atom. The monoisotopic (exact) mass is 536 g/mol. The van der Waals surface area contributed by atoms with Crippen molar-refractivity contribution in [3.05, 3.63) is 51.6 Å². The topological polar surface area (TPSA) is 44.8 Å². The van der Waals surface area contributed by atoms with Gasteiger partial charge in [0.25, 0.3) is 0 Å². The summed E-state index contributed by atoms with van der Waals surface area (Å²) in [5.41, 5.74) is 2.40. The third kappa shape index (κ3) is 8.64. The third-order valence-electron chi connectivity index (χ3n) is 6.02. The molecule has 5 heteroatoms. The zero-order valence-corrected chi connectivity index (χ0v) is 23.1. The Morgan fingerprint density at radius 1 is 1.29 bits per heavy atom. The van der Waals surface area contributed by atoms with Crippen molar-refractivity contribution in [2.24, 2.45) is 11.8 Å². The molecule has 1 aliphatic heterocycles. The Labute approximate surface area is 192 Å². The quantitative estimate of drug-likeness (QED) is 0.178. The molecule has 1 aromatic carbocycles. The van der Waals surface area contributed by atoms with Gasteiger partial charge < -0.3 is 4.74 Å². The van der Waals surface area contributed by atoms with Gasteiger partial charge in [-0.25, -0.2) is 0 Å². The summed E-state index contributed by atoms with van der Waals surface area (Å²) in [4.78, 5) is 19.3. The van der Waals surface area contributed by atoms with Gasteiger partial charge in [0.2, 0.25) is 0 Å². The zero-order chi connectivity index (χ0) is 23.0. The van der Waals surface area contributed by atoms with Crippen molar-refractivity contribution in [3.8, 4) is 5.75 Å². The predicted molar refractivity (Wildman–Crippen MR) is 130 cm³/mol. The molecule has 0 radical (unpaired) electrons. The van der Waals surface area contributed by atoms with Crippen LogP contribution in [-0.2, 0) is 20.9 Å². The van der Waals surface area contributed by atoms with E-state index in [0.29, 0.717) is 19.1 Å². The second kappa shape index (κ2) is 12.1. The molecule has 31 heavy (non-hydrogen) atoms. The summed E-state index contributed by atoms with van der Waals surface area (Å²) >= 11 is -2.28. The van der Waals surface area contributed by atoms with Crippen LogP contribution in [0.15, 0.2) is 46.1 Å². The van der Waals surface area contributed by atoms with Gasteiger partial charge in [0.1, 0.15) is 5.75 Å². The van der Waals surface area contributed by atoms with Crippen LogP contribution in [0.4, 0.5) is 0 Å². The van der Waals surface area contributed by atoms with Crippen LogP contribution in [0, 0.1) is 11.8 Å². The Balaban J connectivity index is 1.67. The first-order valence-electron chi connectivity index (χ1n) is 11.4. The van der Waals surface area contributed by atoms with Crippen molar-refractivity contribution in [2.45, 2.75) is 67.1 Å². The standard InChI is InChI=1S/C23H31O4.3CH3.Sn/c1-5-20-14-22(27-23(20)24)13-17(2)7-6-8-18(3)15-26-16-19-9-11-21(25-4)12-10-19;;;;/h8-12,17,20,22H,1,6-7,13-16H2,2-4H3;3*1H3;/b18-8+;;;;/t17-,20?,22?;;;;/m1..../s1. The molecule has 0 saturated carbocycles. The fourth-order valence-electron chi connectivity index (χ4n) is 3.90. The van der Waals surface area contributed by atoms with Crippen molar-refractivity contribution < 1.29 is 19.0 Å². The van der Waals surface area contributed by atoms with Gasteiger partial charge in [-0.2, -0.15) is 0 Å². The molecule has 0 spiro atoms. The molecule has 4 nitrogen and oxygen atoms in total. The van der Waals surface area contributed by atoms with Gasteiger partial charge >= 0.3 is 139 Å². The molecule has 0 amide bonds.